The van der Waals surface area contributed by atoms with Gasteiger partial charge in [0.05, 0.1) is 11.3 Å². The maximum absolute atomic E-state index is 12.9. The van der Waals surface area contributed by atoms with Crippen LogP contribution < -0.4 is 5.32 Å². The van der Waals surface area contributed by atoms with Crippen LogP contribution in [0.5, 0.6) is 0 Å². The van der Waals surface area contributed by atoms with Crippen LogP contribution in [0, 0.1) is 0 Å². The highest BCUT2D eigenvalue weighted by molar-refractivity contribution is 6.30. The number of nitrogens with zero attached hydrogens (tertiary/aromatic N) is 3. The number of carbonyl (C=O) groups excluding carboxylic acids is 2. The van der Waals surface area contributed by atoms with Crippen LogP contribution in [-0.4, -0.2) is 26.5 Å². The Labute approximate surface area is 178 Å². The molecule has 0 atom stereocenters. The van der Waals surface area contributed by atoms with Crippen molar-refractivity contribution < 1.29 is 9.59 Å². The molecule has 1 amide bonds. The number of benzene rings is 3. The zero-order valence-electron chi connectivity index (χ0n) is 15.8. The Kier molecular flexibility index (Phi) is 5.68. The van der Waals surface area contributed by atoms with Crippen LogP contribution in [0.4, 0.5) is 0 Å². The van der Waals surface area contributed by atoms with E-state index in [0.717, 1.165) is 11.3 Å². The van der Waals surface area contributed by atoms with Crippen LogP contribution >= 0.6 is 11.6 Å². The van der Waals surface area contributed by atoms with Gasteiger partial charge in [-0.25, -0.2) is 9.67 Å². The number of halogens is 1. The van der Waals surface area contributed by atoms with E-state index in [4.69, 9.17) is 11.6 Å². The molecule has 0 unspecified atom stereocenters. The largest absolute Gasteiger partial charge is 0.348 e. The van der Waals surface area contributed by atoms with E-state index in [1.54, 1.807) is 59.5 Å². The number of amides is 1. The van der Waals surface area contributed by atoms with Crippen LogP contribution in [0.2, 0.25) is 5.02 Å². The van der Waals surface area contributed by atoms with Gasteiger partial charge in [-0.05, 0) is 48.0 Å². The van der Waals surface area contributed by atoms with Gasteiger partial charge in [0, 0.05) is 22.7 Å². The van der Waals surface area contributed by atoms with Crippen LogP contribution in [0.1, 0.15) is 31.8 Å². The van der Waals surface area contributed by atoms with Gasteiger partial charge in [0.15, 0.2) is 5.78 Å². The Balaban J connectivity index is 1.47. The fraction of sp³-hybridized carbons (Fsp3) is 0.0435. The molecule has 0 saturated heterocycles. The zero-order valence-corrected chi connectivity index (χ0v) is 16.6. The monoisotopic (exact) mass is 416 g/mol. The number of ketones is 1. The molecule has 4 rings (SSSR count). The number of rotatable bonds is 6. The molecule has 0 spiro atoms. The van der Waals surface area contributed by atoms with E-state index < -0.39 is 0 Å². The lowest BCUT2D eigenvalue weighted by molar-refractivity contribution is 0.0939. The first-order valence-corrected chi connectivity index (χ1v) is 9.61. The van der Waals surface area contributed by atoms with Crippen molar-refractivity contribution in [2.45, 2.75) is 6.54 Å². The van der Waals surface area contributed by atoms with E-state index in [-0.39, 0.29) is 11.7 Å². The summed E-state index contributed by atoms with van der Waals surface area (Å²) in [6, 6.07) is 21.0. The molecule has 1 aromatic heterocycles. The molecular weight excluding hydrogens is 400 g/mol. The summed E-state index contributed by atoms with van der Waals surface area (Å²) in [7, 11) is 0. The Hall–Kier alpha value is -3.77. The topological polar surface area (TPSA) is 76.9 Å². The number of aromatic nitrogens is 3. The highest BCUT2D eigenvalue weighted by atomic mass is 35.5. The average Bonchev–Trinajstić information content (AvgIpc) is 3.33. The lowest BCUT2D eigenvalue weighted by atomic mass is 9.98. The van der Waals surface area contributed by atoms with Crippen molar-refractivity contribution in [1.29, 1.82) is 0 Å². The first-order valence-electron chi connectivity index (χ1n) is 9.23. The maximum Gasteiger partial charge on any atom is 0.252 e. The van der Waals surface area contributed by atoms with Gasteiger partial charge in [0.2, 0.25) is 0 Å². The third kappa shape index (κ3) is 4.29. The van der Waals surface area contributed by atoms with Crippen molar-refractivity contribution in [2.75, 3.05) is 0 Å². The first kappa shape index (κ1) is 19.5. The van der Waals surface area contributed by atoms with E-state index in [9.17, 15) is 9.59 Å². The predicted molar refractivity (Wildman–Crippen MR) is 114 cm³/mol. The van der Waals surface area contributed by atoms with Crippen molar-refractivity contribution in [1.82, 2.24) is 20.1 Å². The maximum atomic E-state index is 12.9. The minimum atomic E-state index is -0.312. The van der Waals surface area contributed by atoms with Crippen molar-refractivity contribution in [2.24, 2.45) is 0 Å². The van der Waals surface area contributed by atoms with Crippen LogP contribution in [0.15, 0.2) is 85.5 Å². The van der Waals surface area contributed by atoms with Crippen molar-refractivity contribution in [3.63, 3.8) is 0 Å². The molecular formula is C23H17ClN4O2. The minimum Gasteiger partial charge on any atom is -0.348 e. The van der Waals surface area contributed by atoms with E-state index in [0.29, 0.717) is 28.3 Å². The molecule has 1 heterocycles. The molecule has 30 heavy (non-hydrogen) atoms. The second-order valence-electron chi connectivity index (χ2n) is 6.57. The van der Waals surface area contributed by atoms with Crippen molar-refractivity contribution >= 4 is 23.3 Å². The second-order valence-corrected chi connectivity index (χ2v) is 7.01. The zero-order chi connectivity index (χ0) is 20.9. The molecule has 0 fully saturated rings. The first-order chi connectivity index (χ1) is 14.6. The normalized spacial score (nSPS) is 10.6. The predicted octanol–water partition coefficient (Wildman–Crippen LogP) is 4.08. The standard InChI is InChI=1S/C23H17ClN4O2/c24-18-9-7-17(8-10-18)22(29)20-3-1-2-4-21(20)23(30)26-13-16-5-11-19(12-6-16)28-15-25-14-27-28/h1-12,14-15H,13H2,(H,26,30). The fourth-order valence-electron chi connectivity index (χ4n) is 3.02. The van der Waals surface area contributed by atoms with Crippen molar-refractivity contribution in [3.8, 4) is 5.69 Å². The minimum absolute atomic E-state index is 0.227. The summed E-state index contributed by atoms with van der Waals surface area (Å²) >= 11 is 5.90. The highest BCUT2D eigenvalue weighted by Crippen LogP contribution is 2.17. The molecule has 0 saturated carbocycles. The molecule has 4 aromatic rings. The Bertz CT molecular complexity index is 1170. The SMILES string of the molecule is O=C(NCc1ccc(-n2cncn2)cc1)c1ccccc1C(=O)c1ccc(Cl)cc1. The van der Waals surface area contributed by atoms with Crippen LogP contribution in [-0.2, 0) is 6.54 Å². The molecule has 6 nitrogen and oxygen atoms in total. The van der Waals surface area contributed by atoms with Gasteiger partial charge in [-0.1, -0.05) is 41.9 Å². The average molecular weight is 417 g/mol. The summed E-state index contributed by atoms with van der Waals surface area (Å²) in [6.07, 6.45) is 3.09. The van der Waals surface area contributed by atoms with E-state index >= 15 is 0 Å². The van der Waals surface area contributed by atoms with E-state index in [2.05, 4.69) is 15.4 Å². The summed E-state index contributed by atoms with van der Waals surface area (Å²) in [5, 5.41) is 7.51. The lowest BCUT2D eigenvalue weighted by Gasteiger charge is -2.10. The molecule has 7 heteroatoms. The smallest absolute Gasteiger partial charge is 0.252 e. The van der Waals surface area contributed by atoms with Gasteiger partial charge in [-0.15, -0.1) is 0 Å². The summed E-state index contributed by atoms with van der Waals surface area (Å²) in [5.74, 6) is -0.539. The lowest BCUT2D eigenvalue weighted by Crippen LogP contribution is -2.25. The fourth-order valence-corrected chi connectivity index (χ4v) is 3.15. The Morgan fingerprint density at radius 3 is 2.27 bits per heavy atom. The van der Waals surface area contributed by atoms with Gasteiger partial charge < -0.3 is 5.32 Å². The van der Waals surface area contributed by atoms with Gasteiger partial charge in [-0.3, -0.25) is 9.59 Å². The quantitative estimate of drug-likeness (QED) is 0.480. The van der Waals surface area contributed by atoms with E-state index in [1.165, 1.54) is 6.33 Å². The Morgan fingerprint density at radius 1 is 0.900 bits per heavy atom. The number of hydrogen-bond acceptors (Lipinski definition) is 4. The molecule has 0 radical (unpaired) electrons. The third-order valence-corrected chi connectivity index (χ3v) is 4.85. The van der Waals surface area contributed by atoms with Crippen LogP contribution in [0.3, 0.4) is 0 Å². The van der Waals surface area contributed by atoms with Gasteiger partial charge in [0.25, 0.3) is 5.91 Å². The summed E-state index contributed by atoms with van der Waals surface area (Å²) in [6.45, 7) is 0.333. The summed E-state index contributed by atoms with van der Waals surface area (Å²) in [5.41, 5.74) is 2.95. The molecule has 3 aromatic carbocycles. The number of carbonyl (C=O) groups is 2. The molecule has 148 valence electrons. The van der Waals surface area contributed by atoms with E-state index in [1.807, 2.05) is 24.3 Å². The van der Waals surface area contributed by atoms with Gasteiger partial charge in [0.1, 0.15) is 12.7 Å². The third-order valence-electron chi connectivity index (χ3n) is 4.60. The molecule has 0 aliphatic rings. The molecule has 1 N–H and O–H groups in total. The molecule has 0 aliphatic carbocycles. The molecule has 0 bridgehead atoms. The van der Waals surface area contributed by atoms with Gasteiger partial charge in [-0.2, -0.15) is 5.10 Å². The summed E-state index contributed by atoms with van der Waals surface area (Å²) in [4.78, 5) is 29.6. The highest BCUT2D eigenvalue weighted by Gasteiger charge is 2.18. The second kappa shape index (κ2) is 8.71. The van der Waals surface area contributed by atoms with Crippen molar-refractivity contribution in [3.05, 3.63) is 113 Å². The Morgan fingerprint density at radius 2 is 1.60 bits per heavy atom. The molecule has 0 aliphatic heterocycles. The number of hydrogen-bond donors (Lipinski definition) is 1. The summed E-state index contributed by atoms with van der Waals surface area (Å²) < 4.78 is 1.65. The van der Waals surface area contributed by atoms with Crippen LogP contribution in [0.25, 0.3) is 5.69 Å². The number of nitrogens with one attached hydrogen (secondary N) is 1. The van der Waals surface area contributed by atoms with Gasteiger partial charge >= 0.3 is 0 Å².